The van der Waals surface area contributed by atoms with Crippen molar-refractivity contribution >= 4 is 0 Å². The largest absolute Gasteiger partial charge is 0.272 e. The summed E-state index contributed by atoms with van der Waals surface area (Å²) in [4.78, 5) is 2.25. The molecule has 2 nitrogen and oxygen atoms in total. The van der Waals surface area contributed by atoms with Crippen LogP contribution in [0.25, 0.3) is 0 Å². The lowest BCUT2D eigenvalue weighted by atomic mass is 10.1. The third kappa shape index (κ3) is 1.75. The SMILES string of the molecule is CC(C)(C)N1[C@H](c2ccccc2)[C@@H]1C#N. The van der Waals surface area contributed by atoms with Crippen molar-refractivity contribution < 1.29 is 0 Å². The average molecular weight is 200 g/mol. The third-order valence-electron chi connectivity index (χ3n) is 2.86. The van der Waals surface area contributed by atoms with Crippen LogP contribution in [0.5, 0.6) is 0 Å². The van der Waals surface area contributed by atoms with E-state index in [-0.39, 0.29) is 17.6 Å². The Labute approximate surface area is 91.1 Å². The van der Waals surface area contributed by atoms with E-state index in [1.165, 1.54) is 5.56 Å². The predicted molar refractivity (Wildman–Crippen MR) is 60.2 cm³/mol. The molecule has 0 amide bonds. The van der Waals surface area contributed by atoms with E-state index in [4.69, 9.17) is 5.26 Å². The molecule has 3 atom stereocenters. The Morgan fingerprint density at radius 1 is 1.20 bits per heavy atom. The topological polar surface area (TPSA) is 26.8 Å². The molecular formula is C13H16N2. The molecule has 0 aliphatic carbocycles. The van der Waals surface area contributed by atoms with Crippen LogP contribution >= 0.6 is 0 Å². The Kier molecular flexibility index (Phi) is 2.28. The van der Waals surface area contributed by atoms with Crippen LogP contribution in [0.1, 0.15) is 32.4 Å². The molecule has 0 aromatic heterocycles. The molecule has 1 fully saturated rings. The Morgan fingerprint density at radius 3 is 2.20 bits per heavy atom. The van der Waals surface area contributed by atoms with Crippen LogP contribution < -0.4 is 0 Å². The molecule has 0 spiro atoms. The first kappa shape index (κ1) is 10.2. The van der Waals surface area contributed by atoms with E-state index in [9.17, 15) is 0 Å². The van der Waals surface area contributed by atoms with Crippen molar-refractivity contribution in [3.63, 3.8) is 0 Å². The summed E-state index contributed by atoms with van der Waals surface area (Å²) < 4.78 is 0. The second-order valence-corrected chi connectivity index (χ2v) is 5.01. The van der Waals surface area contributed by atoms with E-state index in [2.05, 4.69) is 43.9 Å². The first-order valence-corrected chi connectivity index (χ1v) is 5.28. The van der Waals surface area contributed by atoms with Gasteiger partial charge in [-0.05, 0) is 26.3 Å². The van der Waals surface area contributed by atoms with Gasteiger partial charge in [-0.1, -0.05) is 30.3 Å². The summed E-state index contributed by atoms with van der Waals surface area (Å²) in [6.07, 6.45) is 0. The Morgan fingerprint density at radius 2 is 1.80 bits per heavy atom. The first-order chi connectivity index (χ1) is 7.05. The third-order valence-corrected chi connectivity index (χ3v) is 2.86. The van der Waals surface area contributed by atoms with Gasteiger partial charge in [0.15, 0.2) is 0 Å². The summed E-state index contributed by atoms with van der Waals surface area (Å²) in [6.45, 7) is 6.46. The van der Waals surface area contributed by atoms with Crippen molar-refractivity contribution in [2.24, 2.45) is 0 Å². The zero-order chi connectivity index (χ0) is 11.1. The maximum Gasteiger partial charge on any atom is 0.119 e. The van der Waals surface area contributed by atoms with Gasteiger partial charge in [0.25, 0.3) is 0 Å². The van der Waals surface area contributed by atoms with E-state index in [0.29, 0.717) is 0 Å². The highest BCUT2D eigenvalue weighted by molar-refractivity contribution is 5.32. The minimum Gasteiger partial charge on any atom is -0.272 e. The lowest BCUT2D eigenvalue weighted by molar-refractivity contribution is 0.278. The molecule has 15 heavy (non-hydrogen) atoms. The maximum absolute atomic E-state index is 9.08. The fourth-order valence-corrected chi connectivity index (χ4v) is 2.19. The lowest BCUT2D eigenvalue weighted by Gasteiger charge is -2.21. The minimum atomic E-state index is 0.0485. The maximum atomic E-state index is 9.08. The second-order valence-electron chi connectivity index (χ2n) is 5.01. The number of hydrogen-bond donors (Lipinski definition) is 0. The number of nitrogens with zero attached hydrogens (tertiary/aromatic N) is 2. The van der Waals surface area contributed by atoms with E-state index >= 15 is 0 Å². The molecule has 1 aliphatic rings. The molecule has 1 unspecified atom stereocenters. The monoisotopic (exact) mass is 200 g/mol. The highest BCUT2D eigenvalue weighted by Gasteiger charge is 2.54. The van der Waals surface area contributed by atoms with Gasteiger partial charge in [0.1, 0.15) is 6.04 Å². The first-order valence-electron chi connectivity index (χ1n) is 5.28. The molecule has 1 heterocycles. The zero-order valence-corrected chi connectivity index (χ0v) is 9.44. The fraction of sp³-hybridized carbons (Fsp3) is 0.462. The van der Waals surface area contributed by atoms with Crippen LogP contribution in [-0.2, 0) is 0 Å². The molecule has 1 saturated heterocycles. The molecule has 78 valence electrons. The van der Waals surface area contributed by atoms with Gasteiger partial charge >= 0.3 is 0 Å². The van der Waals surface area contributed by atoms with Crippen LogP contribution in [0.4, 0.5) is 0 Å². The van der Waals surface area contributed by atoms with Crippen LogP contribution in [0.2, 0.25) is 0 Å². The number of benzene rings is 1. The molecule has 2 heteroatoms. The molecular weight excluding hydrogens is 184 g/mol. The van der Waals surface area contributed by atoms with Gasteiger partial charge in [-0.2, -0.15) is 5.26 Å². The summed E-state index contributed by atoms with van der Waals surface area (Å²) in [5.74, 6) is 0. The Balaban J connectivity index is 2.24. The molecule has 1 aromatic carbocycles. The molecule has 0 bridgehead atoms. The van der Waals surface area contributed by atoms with E-state index in [0.717, 1.165) is 0 Å². The van der Waals surface area contributed by atoms with Crippen LogP contribution in [0.15, 0.2) is 30.3 Å². The standard InChI is InChI=1S/C13H16N2/c1-13(2,3)15-11(9-14)12(15)10-7-5-4-6-8-10/h4-8,11-12H,1-3H3/t11-,12+,15?/m0/s1. The molecule has 1 aliphatic heterocycles. The van der Waals surface area contributed by atoms with Gasteiger partial charge in [-0.25, -0.2) is 0 Å². The molecule has 2 rings (SSSR count). The summed E-state index contributed by atoms with van der Waals surface area (Å²) in [5.41, 5.74) is 1.32. The van der Waals surface area contributed by atoms with Crippen molar-refractivity contribution in [1.29, 1.82) is 5.26 Å². The van der Waals surface area contributed by atoms with Crippen molar-refractivity contribution in [3.05, 3.63) is 35.9 Å². The Bertz CT molecular complexity index is 383. The van der Waals surface area contributed by atoms with Gasteiger partial charge in [-0.15, -0.1) is 0 Å². The van der Waals surface area contributed by atoms with Crippen molar-refractivity contribution in [1.82, 2.24) is 4.90 Å². The summed E-state index contributed by atoms with van der Waals surface area (Å²) >= 11 is 0. The highest BCUT2D eigenvalue weighted by atomic mass is 15.4. The lowest BCUT2D eigenvalue weighted by Crippen LogP contribution is -2.27. The number of hydrogen-bond acceptors (Lipinski definition) is 2. The van der Waals surface area contributed by atoms with Crippen molar-refractivity contribution in [3.8, 4) is 6.07 Å². The van der Waals surface area contributed by atoms with E-state index < -0.39 is 0 Å². The molecule has 1 aromatic rings. The molecule has 0 N–H and O–H groups in total. The number of rotatable bonds is 1. The summed E-state index contributed by atoms with van der Waals surface area (Å²) in [6, 6.07) is 13.0. The fourth-order valence-electron chi connectivity index (χ4n) is 2.19. The highest BCUT2D eigenvalue weighted by Crippen LogP contribution is 2.47. The molecule has 0 saturated carbocycles. The van der Waals surface area contributed by atoms with Crippen molar-refractivity contribution in [2.75, 3.05) is 0 Å². The van der Waals surface area contributed by atoms with Gasteiger partial charge < -0.3 is 0 Å². The summed E-state index contributed by atoms with van der Waals surface area (Å²) in [7, 11) is 0. The minimum absolute atomic E-state index is 0.0485. The van der Waals surface area contributed by atoms with Gasteiger partial charge in [0.05, 0.1) is 12.1 Å². The van der Waals surface area contributed by atoms with Gasteiger partial charge in [0, 0.05) is 5.54 Å². The van der Waals surface area contributed by atoms with Crippen LogP contribution in [-0.4, -0.2) is 16.5 Å². The quantitative estimate of drug-likeness (QED) is 0.652. The number of nitriles is 1. The van der Waals surface area contributed by atoms with Gasteiger partial charge in [0.2, 0.25) is 0 Å². The van der Waals surface area contributed by atoms with Gasteiger partial charge in [-0.3, -0.25) is 4.90 Å². The summed E-state index contributed by atoms with van der Waals surface area (Å²) in [5, 5.41) is 9.08. The molecule has 0 radical (unpaired) electrons. The zero-order valence-electron chi connectivity index (χ0n) is 9.44. The van der Waals surface area contributed by atoms with Crippen LogP contribution in [0.3, 0.4) is 0 Å². The normalized spacial score (nSPS) is 29.6. The second kappa shape index (κ2) is 3.36. The van der Waals surface area contributed by atoms with E-state index in [1.54, 1.807) is 0 Å². The van der Waals surface area contributed by atoms with Crippen molar-refractivity contribution in [2.45, 2.75) is 38.4 Å². The average Bonchev–Trinajstić information content (AvgIpc) is 2.92. The Hall–Kier alpha value is -1.33. The smallest absolute Gasteiger partial charge is 0.119 e. The van der Waals surface area contributed by atoms with Crippen LogP contribution in [0, 0.1) is 11.3 Å². The predicted octanol–water partition coefficient (Wildman–Crippen LogP) is 2.73. The van der Waals surface area contributed by atoms with E-state index in [1.807, 2.05) is 18.2 Å².